The van der Waals surface area contributed by atoms with Crippen molar-refractivity contribution in [2.24, 2.45) is 5.41 Å². The highest BCUT2D eigenvalue weighted by Gasteiger charge is 2.51. The fourth-order valence-corrected chi connectivity index (χ4v) is 2.10. The number of fused-ring (bicyclic) bond motifs is 1. The van der Waals surface area contributed by atoms with Crippen LogP contribution in [0, 0.1) is 16.7 Å². The van der Waals surface area contributed by atoms with Crippen LogP contribution in [0.5, 0.6) is 11.5 Å². The second-order valence-electron chi connectivity index (χ2n) is 4.40. The maximum atomic E-state index is 8.98. The van der Waals surface area contributed by atoms with Crippen LogP contribution in [-0.2, 0) is 0 Å². The Morgan fingerprint density at radius 1 is 1.40 bits per heavy atom. The van der Waals surface area contributed by atoms with E-state index in [1.165, 1.54) is 5.56 Å². The molecule has 0 radical (unpaired) electrons. The number of hydrogen-bond acceptors (Lipinski definition) is 3. The van der Waals surface area contributed by atoms with Gasteiger partial charge in [-0.3, -0.25) is 0 Å². The number of hydrogen-bond donors (Lipinski definition) is 0. The highest BCUT2D eigenvalue weighted by Crippen LogP contribution is 2.59. The lowest BCUT2D eigenvalue weighted by atomic mass is 10.0. The summed E-state index contributed by atoms with van der Waals surface area (Å²) in [6, 6.07) is 8.31. The molecule has 76 valence electrons. The lowest BCUT2D eigenvalue weighted by molar-refractivity contribution is 0.174. The summed E-state index contributed by atoms with van der Waals surface area (Å²) in [5.41, 5.74) is 1.01. The van der Waals surface area contributed by atoms with Crippen LogP contribution in [0.3, 0.4) is 0 Å². The first-order chi connectivity index (χ1) is 7.23. The minimum Gasteiger partial charge on any atom is -0.454 e. The minimum atomic E-state index is -0.173. The Kier molecular flexibility index (Phi) is 1.53. The fraction of sp³-hybridized carbons (Fsp3) is 0.417. The van der Waals surface area contributed by atoms with Gasteiger partial charge in [-0.25, -0.2) is 0 Å². The summed E-state index contributed by atoms with van der Waals surface area (Å²) in [6.45, 7) is 2.31. The van der Waals surface area contributed by atoms with E-state index in [1.54, 1.807) is 0 Å². The van der Waals surface area contributed by atoms with Crippen molar-refractivity contribution in [3.63, 3.8) is 0 Å². The van der Waals surface area contributed by atoms with E-state index in [-0.39, 0.29) is 5.41 Å². The van der Waals surface area contributed by atoms with E-state index in [4.69, 9.17) is 14.7 Å². The molecule has 3 rings (SSSR count). The summed E-state index contributed by atoms with van der Waals surface area (Å²) in [6.07, 6.45) is 0.948. The molecule has 1 aliphatic heterocycles. The van der Waals surface area contributed by atoms with Crippen molar-refractivity contribution in [3.8, 4) is 17.6 Å². The van der Waals surface area contributed by atoms with Gasteiger partial charge in [0.2, 0.25) is 6.79 Å². The Hall–Kier alpha value is -1.69. The second-order valence-corrected chi connectivity index (χ2v) is 4.40. The average Bonchev–Trinajstić information content (AvgIpc) is 2.75. The topological polar surface area (TPSA) is 42.2 Å². The third-order valence-corrected chi connectivity index (χ3v) is 3.29. The van der Waals surface area contributed by atoms with Crippen molar-refractivity contribution in [2.75, 3.05) is 6.79 Å². The van der Waals surface area contributed by atoms with Gasteiger partial charge in [0.1, 0.15) is 0 Å². The molecule has 2 unspecified atom stereocenters. The smallest absolute Gasteiger partial charge is 0.231 e. The number of nitrogens with zero attached hydrogens (tertiary/aromatic N) is 1. The van der Waals surface area contributed by atoms with Gasteiger partial charge in [-0.2, -0.15) is 5.26 Å². The molecule has 3 nitrogen and oxygen atoms in total. The number of ether oxygens (including phenoxy) is 2. The first kappa shape index (κ1) is 8.60. The summed E-state index contributed by atoms with van der Waals surface area (Å²) in [5.74, 6) is 1.97. The summed E-state index contributed by atoms with van der Waals surface area (Å²) in [4.78, 5) is 0. The van der Waals surface area contributed by atoms with Crippen LogP contribution in [-0.4, -0.2) is 6.79 Å². The zero-order valence-corrected chi connectivity index (χ0v) is 8.49. The Morgan fingerprint density at radius 2 is 2.20 bits per heavy atom. The van der Waals surface area contributed by atoms with Crippen LogP contribution in [0.15, 0.2) is 18.2 Å². The molecular formula is C12H11NO2. The van der Waals surface area contributed by atoms with Gasteiger partial charge in [0, 0.05) is 5.92 Å². The van der Waals surface area contributed by atoms with E-state index < -0.39 is 0 Å². The van der Waals surface area contributed by atoms with Crippen molar-refractivity contribution >= 4 is 0 Å². The summed E-state index contributed by atoms with van der Waals surface area (Å²) in [7, 11) is 0. The maximum absolute atomic E-state index is 8.98. The van der Waals surface area contributed by atoms with E-state index in [2.05, 4.69) is 6.07 Å². The highest BCUT2D eigenvalue weighted by molar-refractivity contribution is 5.48. The van der Waals surface area contributed by atoms with Crippen LogP contribution in [0.1, 0.15) is 24.8 Å². The summed E-state index contributed by atoms with van der Waals surface area (Å²) < 4.78 is 10.6. The molecule has 0 bridgehead atoms. The Morgan fingerprint density at radius 3 is 2.93 bits per heavy atom. The van der Waals surface area contributed by atoms with Crippen LogP contribution in [0.2, 0.25) is 0 Å². The Labute approximate surface area is 88.2 Å². The fourth-order valence-electron chi connectivity index (χ4n) is 2.10. The molecule has 0 aromatic heterocycles. The molecule has 1 saturated carbocycles. The molecule has 1 heterocycles. The molecule has 0 saturated heterocycles. The van der Waals surface area contributed by atoms with Gasteiger partial charge in [-0.05, 0) is 31.0 Å². The average molecular weight is 201 g/mol. The van der Waals surface area contributed by atoms with E-state index >= 15 is 0 Å². The largest absolute Gasteiger partial charge is 0.454 e. The third-order valence-electron chi connectivity index (χ3n) is 3.29. The molecule has 2 aliphatic rings. The van der Waals surface area contributed by atoms with Gasteiger partial charge in [0.25, 0.3) is 0 Å². The lowest BCUT2D eigenvalue weighted by Crippen LogP contribution is -1.93. The number of nitriles is 1. The van der Waals surface area contributed by atoms with Crippen molar-refractivity contribution in [3.05, 3.63) is 23.8 Å². The molecule has 1 aliphatic carbocycles. The predicted octanol–water partition coefficient (Wildman–Crippen LogP) is 2.43. The molecule has 15 heavy (non-hydrogen) atoms. The zero-order valence-electron chi connectivity index (χ0n) is 8.49. The standard InChI is InChI=1S/C12H11NO2/c1-12(6-13)5-9(12)8-2-3-10-11(4-8)15-7-14-10/h2-4,9H,5,7H2,1H3. The SMILES string of the molecule is CC1(C#N)CC1c1ccc2c(c1)OCO2. The number of rotatable bonds is 1. The lowest BCUT2D eigenvalue weighted by Gasteiger charge is -2.03. The van der Waals surface area contributed by atoms with Crippen LogP contribution in [0.25, 0.3) is 0 Å². The van der Waals surface area contributed by atoms with Gasteiger partial charge >= 0.3 is 0 Å². The first-order valence-corrected chi connectivity index (χ1v) is 5.04. The van der Waals surface area contributed by atoms with Crippen molar-refractivity contribution in [1.82, 2.24) is 0 Å². The predicted molar refractivity (Wildman–Crippen MR) is 53.6 cm³/mol. The van der Waals surface area contributed by atoms with Crippen molar-refractivity contribution in [1.29, 1.82) is 5.26 Å². The monoisotopic (exact) mass is 201 g/mol. The second kappa shape index (κ2) is 2.66. The molecule has 2 atom stereocenters. The normalized spacial score (nSPS) is 31.1. The first-order valence-electron chi connectivity index (χ1n) is 5.04. The molecule has 3 heteroatoms. The van der Waals surface area contributed by atoms with Crippen LogP contribution >= 0.6 is 0 Å². The quantitative estimate of drug-likeness (QED) is 0.700. The van der Waals surface area contributed by atoms with Crippen molar-refractivity contribution in [2.45, 2.75) is 19.3 Å². The molecular weight excluding hydrogens is 190 g/mol. The van der Waals surface area contributed by atoms with Gasteiger partial charge in [0.15, 0.2) is 11.5 Å². The van der Waals surface area contributed by atoms with E-state index in [0.717, 1.165) is 17.9 Å². The van der Waals surface area contributed by atoms with Gasteiger partial charge in [0.05, 0.1) is 11.5 Å². The van der Waals surface area contributed by atoms with Gasteiger partial charge < -0.3 is 9.47 Å². The van der Waals surface area contributed by atoms with Crippen LogP contribution < -0.4 is 9.47 Å². The molecule has 0 spiro atoms. The van der Waals surface area contributed by atoms with Crippen LogP contribution in [0.4, 0.5) is 0 Å². The number of benzene rings is 1. The Balaban J connectivity index is 1.93. The third kappa shape index (κ3) is 1.18. The zero-order chi connectivity index (χ0) is 10.5. The molecule has 1 aromatic rings. The molecule has 1 fully saturated rings. The molecule has 1 aromatic carbocycles. The summed E-state index contributed by atoms with van der Waals surface area (Å²) >= 11 is 0. The van der Waals surface area contributed by atoms with E-state index in [1.807, 2.05) is 25.1 Å². The maximum Gasteiger partial charge on any atom is 0.231 e. The van der Waals surface area contributed by atoms with E-state index in [9.17, 15) is 0 Å². The van der Waals surface area contributed by atoms with E-state index in [0.29, 0.717) is 12.7 Å². The molecule has 0 N–H and O–H groups in total. The van der Waals surface area contributed by atoms with Gasteiger partial charge in [-0.15, -0.1) is 0 Å². The van der Waals surface area contributed by atoms with Crippen molar-refractivity contribution < 1.29 is 9.47 Å². The van der Waals surface area contributed by atoms with Gasteiger partial charge in [-0.1, -0.05) is 6.07 Å². The summed E-state index contributed by atoms with van der Waals surface area (Å²) in [5, 5.41) is 8.98. The molecule has 0 amide bonds. The minimum absolute atomic E-state index is 0.173. The Bertz CT molecular complexity index is 463. The highest BCUT2D eigenvalue weighted by atomic mass is 16.7.